The third-order valence-electron chi connectivity index (χ3n) is 3.56. The Kier molecular flexibility index (Phi) is 5.81. The molecule has 1 aromatic carbocycles. The molecule has 1 saturated heterocycles. The molecule has 0 N–H and O–H groups in total. The highest BCUT2D eigenvalue weighted by molar-refractivity contribution is 9.09. The van der Waals surface area contributed by atoms with Gasteiger partial charge in [-0.2, -0.15) is 0 Å². The van der Waals surface area contributed by atoms with Crippen molar-refractivity contribution in [3.8, 4) is 0 Å². The van der Waals surface area contributed by atoms with Crippen LogP contribution in [0.2, 0.25) is 10.0 Å². The first-order chi connectivity index (χ1) is 8.70. The van der Waals surface area contributed by atoms with Crippen LogP contribution in [0.3, 0.4) is 0 Å². The summed E-state index contributed by atoms with van der Waals surface area (Å²) in [5.41, 5.74) is 1.19. The van der Waals surface area contributed by atoms with Crippen molar-refractivity contribution in [1.82, 2.24) is 4.90 Å². The van der Waals surface area contributed by atoms with Crippen LogP contribution >= 0.6 is 39.1 Å². The zero-order valence-electron chi connectivity index (χ0n) is 10.3. The number of likely N-dealkylation sites (tertiary alicyclic amines) is 1. The van der Waals surface area contributed by atoms with Crippen LogP contribution in [-0.2, 0) is 6.54 Å². The summed E-state index contributed by atoms with van der Waals surface area (Å²) in [5, 5.41) is 2.59. The van der Waals surface area contributed by atoms with Gasteiger partial charge in [-0.05, 0) is 49.9 Å². The molecule has 1 heterocycles. The molecule has 1 fully saturated rings. The van der Waals surface area contributed by atoms with E-state index in [1.54, 1.807) is 0 Å². The van der Waals surface area contributed by atoms with Crippen molar-refractivity contribution in [1.29, 1.82) is 0 Å². The lowest BCUT2D eigenvalue weighted by Crippen LogP contribution is -2.29. The normalized spacial score (nSPS) is 20.5. The van der Waals surface area contributed by atoms with E-state index in [2.05, 4.69) is 20.8 Å². The van der Waals surface area contributed by atoms with Crippen molar-refractivity contribution in [2.45, 2.75) is 38.3 Å². The molecule has 18 heavy (non-hydrogen) atoms. The largest absolute Gasteiger partial charge is 0.296 e. The van der Waals surface area contributed by atoms with Gasteiger partial charge in [0.15, 0.2) is 0 Å². The number of halogens is 3. The van der Waals surface area contributed by atoms with E-state index in [1.165, 1.54) is 37.8 Å². The molecule has 0 amide bonds. The Balaban J connectivity index is 1.99. The minimum absolute atomic E-state index is 0.709. The average Bonchev–Trinajstić information content (AvgIpc) is 2.77. The second kappa shape index (κ2) is 7.14. The van der Waals surface area contributed by atoms with E-state index in [0.717, 1.165) is 16.9 Å². The lowest BCUT2D eigenvalue weighted by molar-refractivity contribution is 0.234. The molecule has 0 aliphatic carbocycles. The molecule has 0 radical (unpaired) electrons. The summed E-state index contributed by atoms with van der Waals surface area (Å²) in [6.45, 7) is 2.13. The minimum Gasteiger partial charge on any atom is -0.296 e. The predicted molar refractivity (Wildman–Crippen MR) is 82.9 cm³/mol. The van der Waals surface area contributed by atoms with Gasteiger partial charge in [-0.25, -0.2) is 0 Å². The summed E-state index contributed by atoms with van der Waals surface area (Å²) < 4.78 is 0. The van der Waals surface area contributed by atoms with E-state index in [-0.39, 0.29) is 0 Å². The first-order valence-corrected chi connectivity index (χ1v) is 8.32. The summed E-state index contributed by atoms with van der Waals surface area (Å²) in [5.74, 6) is 0. The van der Waals surface area contributed by atoms with E-state index < -0.39 is 0 Å². The molecule has 4 heteroatoms. The van der Waals surface area contributed by atoms with Crippen LogP contribution in [-0.4, -0.2) is 22.8 Å². The second-order valence-corrected chi connectivity index (χ2v) is 6.47. The number of benzene rings is 1. The van der Waals surface area contributed by atoms with E-state index in [0.29, 0.717) is 11.1 Å². The van der Waals surface area contributed by atoms with Gasteiger partial charge in [-0.1, -0.05) is 45.2 Å². The number of rotatable bonds is 5. The molecule has 1 atom stereocenters. The van der Waals surface area contributed by atoms with Gasteiger partial charge < -0.3 is 0 Å². The Morgan fingerprint density at radius 1 is 1.33 bits per heavy atom. The number of alkyl halides is 1. The molecule has 0 bridgehead atoms. The molecule has 1 unspecified atom stereocenters. The fourth-order valence-electron chi connectivity index (χ4n) is 2.61. The zero-order valence-corrected chi connectivity index (χ0v) is 13.4. The van der Waals surface area contributed by atoms with Crippen LogP contribution in [0, 0.1) is 0 Å². The third kappa shape index (κ3) is 3.86. The molecule has 2 rings (SSSR count). The molecular formula is C14H18BrCl2N. The summed E-state index contributed by atoms with van der Waals surface area (Å²) in [4.78, 5) is 2.55. The SMILES string of the molecule is Clc1ccc(CN2CCCC2CCCBr)c(Cl)c1. The summed E-state index contributed by atoms with van der Waals surface area (Å²) >= 11 is 15.7. The topological polar surface area (TPSA) is 3.24 Å². The fraction of sp³-hybridized carbons (Fsp3) is 0.571. The average molecular weight is 351 g/mol. The Morgan fingerprint density at radius 2 is 2.17 bits per heavy atom. The second-order valence-electron chi connectivity index (χ2n) is 4.83. The summed E-state index contributed by atoms with van der Waals surface area (Å²) in [7, 11) is 0. The Morgan fingerprint density at radius 3 is 2.89 bits per heavy atom. The van der Waals surface area contributed by atoms with Gasteiger partial charge in [0.2, 0.25) is 0 Å². The first kappa shape index (κ1) is 14.6. The Hall–Kier alpha value is 0.240. The maximum absolute atomic E-state index is 6.24. The van der Waals surface area contributed by atoms with Gasteiger partial charge in [0.05, 0.1) is 0 Å². The van der Waals surface area contributed by atoms with Crippen molar-refractivity contribution >= 4 is 39.1 Å². The first-order valence-electron chi connectivity index (χ1n) is 6.44. The van der Waals surface area contributed by atoms with Crippen LogP contribution in [0.4, 0.5) is 0 Å². The van der Waals surface area contributed by atoms with Crippen molar-refractivity contribution in [2.75, 3.05) is 11.9 Å². The molecule has 0 aromatic heterocycles. The molecule has 0 spiro atoms. The monoisotopic (exact) mass is 349 g/mol. The summed E-state index contributed by atoms with van der Waals surface area (Å²) in [6, 6.07) is 6.52. The quantitative estimate of drug-likeness (QED) is 0.665. The van der Waals surface area contributed by atoms with Gasteiger partial charge in [-0.15, -0.1) is 0 Å². The van der Waals surface area contributed by atoms with E-state index in [1.807, 2.05) is 18.2 Å². The highest BCUT2D eigenvalue weighted by Gasteiger charge is 2.24. The summed E-state index contributed by atoms with van der Waals surface area (Å²) in [6.07, 6.45) is 5.14. The van der Waals surface area contributed by atoms with Gasteiger partial charge in [0.1, 0.15) is 0 Å². The van der Waals surface area contributed by atoms with Crippen molar-refractivity contribution < 1.29 is 0 Å². The number of hydrogen-bond acceptors (Lipinski definition) is 1. The third-order valence-corrected chi connectivity index (χ3v) is 4.71. The van der Waals surface area contributed by atoms with E-state index in [9.17, 15) is 0 Å². The molecule has 1 aliphatic heterocycles. The van der Waals surface area contributed by atoms with Gasteiger partial charge in [0, 0.05) is 28.0 Å². The smallest absolute Gasteiger partial charge is 0.0465 e. The van der Waals surface area contributed by atoms with Crippen molar-refractivity contribution in [2.24, 2.45) is 0 Å². The van der Waals surface area contributed by atoms with Crippen LogP contribution in [0.15, 0.2) is 18.2 Å². The van der Waals surface area contributed by atoms with Crippen molar-refractivity contribution in [3.63, 3.8) is 0 Å². The lowest BCUT2D eigenvalue weighted by atomic mass is 10.1. The number of hydrogen-bond donors (Lipinski definition) is 0. The molecule has 1 nitrogen and oxygen atoms in total. The van der Waals surface area contributed by atoms with Gasteiger partial charge >= 0.3 is 0 Å². The minimum atomic E-state index is 0.709. The van der Waals surface area contributed by atoms with Crippen LogP contribution in [0.5, 0.6) is 0 Å². The molecular weight excluding hydrogens is 333 g/mol. The van der Waals surface area contributed by atoms with Crippen molar-refractivity contribution in [3.05, 3.63) is 33.8 Å². The number of nitrogens with zero attached hydrogens (tertiary/aromatic N) is 1. The maximum Gasteiger partial charge on any atom is 0.0465 e. The Labute approximate surface area is 128 Å². The molecule has 0 saturated carbocycles. The molecule has 1 aliphatic rings. The lowest BCUT2D eigenvalue weighted by Gasteiger charge is -2.24. The van der Waals surface area contributed by atoms with Crippen LogP contribution in [0.1, 0.15) is 31.2 Å². The van der Waals surface area contributed by atoms with Gasteiger partial charge in [-0.3, -0.25) is 4.90 Å². The van der Waals surface area contributed by atoms with Gasteiger partial charge in [0.25, 0.3) is 0 Å². The predicted octanol–water partition coefficient (Wildman–Crippen LogP) is 5.13. The van der Waals surface area contributed by atoms with E-state index >= 15 is 0 Å². The standard InChI is InChI=1S/C14H18BrCl2N/c15-7-1-3-13-4-2-8-18(13)10-11-5-6-12(16)9-14(11)17/h5-6,9,13H,1-4,7-8,10H2. The zero-order chi connectivity index (χ0) is 13.0. The highest BCUT2D eigenvalue weighted by Crippen LogP contribution is 2.27. The van der Waals surface area contributed by atoms with Crippen LogP contribution < -0.4 is 0 Å². The molecule has 1 aromatic rings. The van der Waals surface area contributed by atoms with Crippen LogP contribution in [0.25, 0.3) is 0 Å². The fourth-order valence-corrected chi connectivity index (χ4v) is 3.40. The maximum atomic E-state index is 6.24. The Bertz CT molecular complexity index is 397. The van der Waals surface area contributed by atoms with E-state index in [4.69, 9.17) is 23.2 Å². The highest BCUT2D eigenvalue weighted by atomic mass is 79.9. The molecule has 100 valence electrons.